The van der Waals surface area contributed by atoms with Gasteiger partial charge in [0.25, 0.3) is 0 Å². The molecule has 0 aromatic heterocycles. The average molecular weight is 278 g/mol. The van der Waals surface area contributed by atoms with Crippen LogP contribution >= 0.6 is 0 Å². The second-order valence-corrected chi connectivity index (χ2v) is 5.91. The number of carbonyl (C=O) groups is 1. The van der Waals surface area contributed by atoms with Crippen LogP contribution in [0.2, 0.25) is 0 Å². The van der Waals surface area contributed by atoms with Gasteiger partial charge in [-0.2, -0.15) is 0 Å². The maximum atomic E-state index is 12.2. The highest BCUT2D eigenvalue weighted by Crippen LogP contribution is 2.28. The summed E-state index contributed by atoms with van der Waals surface area (Å²) in [6, 6.07) is 7.75. The molecule has 0 spiro atoms. The van der Waals surface area contributed by atoms with Crippen LogP contribution in [-0.4, -0.2) is 30.5 Å². The third-order valence-corrected chi connectivity index (χ3v) is 3.55. The molecule has 1 rings (SSSR count). The number of carbonyl (C=O) groups excluding carboxylic acids is 1. The van der Waals surface area contributed by atoms with E-state index in [4.69, 9.17) is 10.5 Å². The Morgan fingerprint density at radius 2 is 2.00 bits per heavy atom. The van der Waals surface area contributed by atoms with Crippen molar-refractivity contribution in [2.75, 3.05) is 14.2 Å². The number of amides is 1. The Hall–Kier alpha value is -1.55. The molecule has 0 saturated carbocycles. The van der Waals surface area contributed by atoms with E-state index in [1.165, 1.54) is 0 Å². The zero-order valence-electron chi connectivity index (χ0n) is 13.1. The van der Waals surface area contributed by atoms with Crippen LogP contribution in [-0.2, 0) is 4.79 Å². The van der Waals surface area contributed by atoms with Crippen LogP contribution in [0.1, 0.15) is 45.2 Å². The van der Waals surface area contributed by atoms with Crippen LogP contribution in [0, 0.1) is 0 Å². The molecule has 0 aliphatic rings. The molecular weight excluding hydrogens is 252 g/mol. The molecule has 0 fully saturated rings. The quantitative estimate of drug-likeness (QED) is 0.870. The third-order valence-electron chi connectivity index (χ3n) is 3.55. The van der Waals surface area contributed by atoms with Crippen LogP contribution in [0.3, 0.4) is 0 Å². The Balaban J connectivity index is 2.75. The van der Waals surface area contributed by atoms with Crippen molar-refractivity contribution in [1.29, 1.82) is 0 Å². The van der Waals surface area contributed by atoms with Gasteiger partial charge in [0.05, 0.1) is 13.2 Å². The molecule has 0 bridgehead atoms. The summed E-state index contributed by atoms with van der Waals surface area (Å²) in [6.07, 6.45) is 1.13. The summed E-state index contributed by atoms with van der Waals surface area (Å²) in [5, 5.41) is 0. The largest absolute Gasteiger partial charge is 0.496 e. The molecule has 4 nitrogen and oxygen atoms in total. The van der Waals surface area contributed by atoms with E-state index in [-0.39, 0.29) is 17.5 Å². The Labute approximate surface area is 121 Å². The summed E-state index contributed by atoms with van der Waals surface area (Å²) >= 11 is 0. The predicted octanol–water partition coefficient (Wildman–Crippen LogP) is 2.73. The average Bonchev–Trinajstić information content (AvgIpc) is 2.42. The predicted molar refractivity (Wildman–Crippen MR) is 81.7 cm³/mol. The molecule has 20 heavy (non-hydrogen) atoms. The van der Waals surface area contributed by atoms with E-state index in [9.17, 15) is 4.79 Å². The van der Waals surface area contributed by atoms with Gasteiger partial charge in [-0.1, -0.05) is 18.2 Å². The number of benzene rings is 1. The molecule has 1 amide bonds. The van der Waals surface area contributed by atoms with Gasteiger partial charge in [0.15, 0.2) is 0 Å². The van der Waals surface area contributed by atoms with Crippen molar-refractivity contribution in [3.8, 4) is 5.75 Å². The lowest BCUT2D eigenvalue weighted by molar-refractivity contribution is -0.132. The first-order valence-corrected chi connectivity index (χ1v) is 6.93. The molecule has 2 N–H and O–H groups in total. The van der Waals surface area contributed by atoms with Crippen LogP contribution in [0.4, 0.5) is 0 Å². The van der Waals surface area contributed by atoms with Crippen molar-refractivity contribution in [3.63, 3.8) is 0 Å². The molecule has 0 aliphatic heterocycles. The molecule has 1 aromatic carbocycles. The Kier molecular flexibility index (Phi) is 5.57. The van der Waals surface area contributed by atoms with Crippen LogP contribution in [0.25, 0.3) is 0 Å². The first-order chi connectivity index (χ1) is 9.26. The minimum atomic E-state index is -0.315. The molecule has 1 atom stereocenters. The fourth-order valence-corrected chi connectivity index (χ4v) is 2.04. The summed E-state index contributed by atoms with van der Waals surface area (Å²) in [4.78, 5) is 14.0. The molecule has 0 saturated heterocycles. The van der Waals surface area contributed by atoms with Gasteiger partial charge < -0.3 is 15.4 Å². The number of rotatable bonds is 6. The highest BCUT2D eigenvalue weighted by atomic mass is 16.5. The molecule has 0 heterocycles. The Morgan fingerprint density at radius 3 is 2.55 bits per heavy atom. The van der Waals surface area contributed by atoms with Crippen molar-refractivity contribution in [3.05, 3.63) is 29.8 Å². The molecule has 1 aromatic rings. The van der Waals surface area contributed by atoms with Crippen LogP contribution < -0.4 is 10.5 Å². The number of ether oxygens (including phenoxy) is 1. The highest BCUT2D eigenvalue weighted by Gasteiger charge is 2.21. The molecule has 4 heteroatoms. The number of hydrogen-bond acceptors (Lipinski definition) is 3. The third kappa shape index (κ3) is 4.53. The van der Waals surface area contributed by atoms with E-state index in [1.807, 2.05) is 52.1 Å². The van der Waals surface area contributed by atoms with Crippen molar-refractivity contribution in [2.24, 2.45) is 5.73 Å². The first kappa shape index (κ1) is 16.5. The summed E-state index contributed by atoms with van der Waals surface area (Å²) < 4.78 is 5.35. The van der Waals surface area contributed by atoms with E-state index in [2.05, 4.69) is 0 Å². The van der Waals surface area contributed by atoms with Gasteiger partial charge in [-0.15, -0.1) is 0 Å². The molecule has 112 valence electrons. The Bertz CT molecular complexity index is 452. The van der Waals surface area contributed by atoms with Gasteiger partial charge in [0.1, 0.15) is 5.75 Å². The first-order valence-electron chi connectivity index (χ1n) is 6.93. The van der Waals surface area contributed by atoms with E-state index in [1.54, 1.807) is 12.0 Å². The summed E-state index contributed by atoms with van der Waals surface area (Å²) in [6.45, 7) is 5.87. The standard InChI is InChI=1S/C16H26N2O2/c1-12(13-8-6-7-9-14(13)20-5)18(4)15(19)10-11-16(2,3)17/h6-9,12H,10-11,17H2,1-5H3. The number of hydrogen-bond donors (Lipinski definition) is 1. The van der Waals surface area contributed by atoms with Gasteiger partial charge in [-0.25, -0.2) is 0 Å². The molecule has 1 unspecified atom stereocenters. The van der Waals surface area contributed by atoms with E-state index in [0.717, 1.165) is 11.3 Å². The summed E-state index contributed by atoms with van der Waals surface area (Å²) in [5.41, 5.74) is 6.62. The fourth-order valence-electron chi connectivity index (χ4n) is 2.04. The summed E-state index contributed by atoms with van der Waals surface area (Å²) in [5.74, 6) is 0.903. The van der Waals surface area contributed by atoms with Crippen molar-refractivity contribution in [1.82, 2.24) is 4.90 Å². The SMILES string of the molecule is COc1ccccc1C(C)N(C)C(=O)CCC(C)(C)N. The summed E-state index contributed by atoms with van der Waals surface area (Å²) in [7, 11) is 3.47. The number of nitrogens with two attached hydrogens (primary N) is 1. The maximum absolute atomic E-state index is 12.2. The smallest absolute Gasteiger partial charge is 0.222 e. The zero-order valence-corrected chi connectivity index (χ0v) is 13.1. The second kappa shape index (κ2) is 6.75. The number of methoxy groups -OCH3 is 1. The van der Waals surface area contributed by atoms with Gasteiger partial charge in [0.2, 0.25) is 5.91 Å². The number of para-hydroxylation sites is 1. The lowest BCUT2D eigenvalue weighted by atomic mass is 9.99. The second-order valence-electron chi connectivity index (χ2n) is 5.91. The monoisotopic (exact) mass is 278 g/mol. The molecule has 0 radical (unpaired) electrons. The maximum Gasteiger partial charge on any atom is 0.222 e. The van der Waals surface area contributed by atoms with E-state index >= 15 is 0 Å². The zero-order chi connectivity index (χ0) is 15.3. The highest BCUT2D eigenvalue weighted by molar-refractivity contribution is 5.76. The minimum Gasteiger partial charge on any atom is -0.496 e. The van der Waals surface area contributed by atoms with Crippen LogP contribution in [0.5, 0.6) is 5.75 Å². The van der Waals surface area contributed by atoms with Crippen molar-refractivity contribution >= 4 is 5.91 Å². The lowest BCUT2D eigenvalue weighted by Gasteiger charge is -2.28. The van der Waals surface area contributed by atoms with Gasteiger partial charge in [0, 0.05) is 24.6 Å². The minimum absolute atomic E-state index is 0.0282. The topological polar surface area (TPSA) is 55.6 Å². The number of nitrogens with zero attached hydrogens (tertiary/aromatic N) is 1. The van der Waals surface area contributed by atoms with Crippen LogP contribution in [0.15, 0.2) is 24.3 Å². The Morgan fingerprint density at radius 1 is 1.40 bits per heavy atom. The van der Waals surface area contributed by atoms with E-state index in [0.29, 0.717) is 12.8 Å². The fraction of sp³-hybridized carbons (Fsp3) is 0.562. The molecular formula is C16H26N2O2. The molecule has 0 aliphatic carbocycles. The van der Waals surface area contributed by atoms with Gasteiger partial charge in [-0.05, 0) is 33.3 Å². The van der Waals surface area contributed by atoms with Gasteiger partial charge >= 0.3 is 0 Å². The van der Waals surface area contributed by atoms with Gasteiger partial charge in [-0.3, -0.25) is 4.79 Å². The van der Waals surface area contributed by atoms with E-state index < -0.39 is 0 Å². The normalized spacial score (nSPS) is 12.9. The lowest BCUT2D eigenvalue weighted by Crippen LogP contribution is -2.35. The van der Waals surface area contributed by atoms with Crippen molar-refractivity contribution < 1.29 is 9.53 Å². The van der Waals surface area contributed by atoms with Crippen molar-refractivity contribution in [2.45, 2.75) is 45.2 Å².